The molecule has 2 aromatic carbocycles. The van der Waals surface area contributed by atoms with E-state index in [0.717, 1.165) is 42.4 Å². The number of hydrogen-bond donors (Lipinski definition) is 2. The molecule has 0 spiro atoms. The molecule has 0 atom stereocenters. The van der Waals surface area contributed by atoms with Crippen molar-refractivity contribution in [1.82, 2.24) is 15.3 Å². The molecule has 1 heterocycles. The number of carbonyl (C=O) groups excluding carboxylic acids is 1. The van der Waals surface area contributed by atoms with Crippen molar-refractivity contribution in [2.75, 3.05) is 31.4 Å². The highest BCUT2D eigenvalue weighted by Gasteiger charge is 2.24. The fraction of sp³-hybridized carbons (Fsp3) is 0.375. The van der Waals surface area contributed by atoms with E-state index >= 15 is 0 Å². The molecule has 1 saturated carbocycles. The molecule has 2 N–H and O–H groups in total. The normalized spacial score (nSPS) is 18.4. The van der Waals surface area contributed by atoms with E-state index in [0.29, 0.717) is 17.3 Å². The lowest BCUT2D eigenvalue weighted by molar-refractivity contribution is 0.0923. The van der Waals surface area contributed by atoms with Crippen LogP contribution >= 0.6 is 0 Å². The fourth-order valence-electron chi connectivity index (χ4n) is 4.13. The number of nitrogens with zero attached hydrogens (tertiary/aromatic N) is 3. The monoisotopic (exact) mass is 419 g/mol. The van der Waals surface area contributed by atoms with Crippen LogP contribution in [0, 0.1) is 0 Å². The van der Waals surface area contributed by atoms with Crippen LogP contribution in [-0.2, 0) is 0 Å². The first-order valence-electron chi connectivity index (χ1n) is 10.7. The van der Waals surface area contributed by atoms with Crippen LogP contribution in [0.15, 0.2) is 48.5 Å². The number of benzene rings is 2. The van der Waals surface area contributed by atoms with Gasteiger partial charge in [-0.25, -0.2) is 4.98 Å². The van der Waals surface area contributed by atoms with Gasteiger partial charge in [-0.15, -0.1) is 0 Å². The number of rotatable bonds is 6. The number of anilines is 2. The average Bonchev–Trinajstić information content (AvgIpc) is 2.79. The van der Waals surface area contributed by atoms with Gasteiger partial charge in [-0.1, -0.05) is 24.3 Å². The van der Waals surface area contributed by atoms with Crippen molar-refractivity contribution in [2.24, 2.45) is 0 Å². The van der Waals surface area contributed by atoms with Crippen molar-refractivity contribution in [1.29, 1.82) is 0 Å². The van der Waals surface area contributed by atoms with Crippen LogP contribution in [0.1, 0.15) is 36.0 Å². The van der Waals surface area contributed by atoms with Gasteiger partial charge >= 0.3 is 0 Å². The minimum atomic E-state index is -0.0812. The molecule has 4 rings (SSSR count). The zero-order valence-corrected chi connectivity index (χ0v) is 18.3. The third kappa shape index (κ3) is 4.71. The first-order chi connectivity index (χ1) is 15.0. The maximum Gasteiger partial charge on any atom is 0.255 e. The summed E-state index contributed by atoms with van der Waals surface area (Å²) in [5, 5.41) is 7.71. The number of fused-ring (bicyclic) bond motifs is 1. The molecule has 1 aliphatic carbocycles. The number of ether oxygens (including phenoxy) is 1. The molecular formula is C24H29N5O2. The lowest BCUT2D eigenvalue weighted by Crippen LogP contribution is -2.40. The number of para-hydroxylation sites is 2. The number of methoxy groups -OCH3 is 1. The Kier molecular flexibility index (Phi) is 6.21. The van der Waals surface area contributed by atoms with Crippen molar-refractivity contribution in [3.8, 4) is 5.75 Å². The van der Waals surface area contributed by atoms with Gasteiger partial charge in [0, 0.05) is 31.6 Å². The van der Waals surface area contributed by atoms with E-state index in [-0.39, 0.29) is 18.0 Å². The molecule has 0 bridgehead atoms. The summed E-state index contributed by atoms with van der Waals surface area (Å²) in [7, 11) is 5.57. The number of nitrogens with one attached hydrogen (secondary N) is 2. The SMILES string of the molecule is COc1ccccc1C(=O)N[C@H]1CC[C@@H](Nc2nc(N(C)C)c3ccccc3n2)CC1. The van der Waals surface area contributed by atoms with E-state index in [1.54, 1.807) is 19.2 Å². The topological polar surface area (TPSA) is 79.4 Å². The lowest BCUT2D eigenvalue weighted by atomic mass is 9.91. The van der Waals surface area contributed by atoms with Crippen LogP contribution in [0.4, 0.5) is 11.8 Å². The van der Waals surface area contributed by atoms with E-state index in [9.17, 15) is 4.79 Å². The Labute approximate surface area is 182 Å². The third-order valence-electron chi connectivity index (χ3n) is 5.75. The Hall–Kier alpha value is -3.35. The predicted molar refractivity (Wildman–Crippen MR) is 124 cm³/mol. The average molecular weight is 420 g/mol. The minimum absolute atomic E-state index is 0.0812. The molecule has 0 radical (unpaired) electrons. The Morgan fingerprint density at radius 2 is 1.65 bits per heavy atom. The molecule has 1 aromatic heterocycles. The maximum atomic E-state index is 12.7. The van der Waals surface area contributed by atoms with Crippen LogP contribution in [0.3, 0.4) is 0 Å². The van der Waals surface area contributed by atoms with E-state index in [1.807, 2.05) is 55.4 Å². The van der Waals surface area contributed by atoms with E-state index in [2.05, 4.69) is 10.6 Å². The molecule has 0 saturated heterocycles. The molecule has 162 valence electrons. The molecule has 0 unspecified atom stereocenters. The molecule has 7 nitrogen and oxygen atoms in total. The summed E-state index contributed by atoms with van der Waals surface area (Å²) < 4.78 is 5.31. The van der Waals surface area contributed by atoms with Gasteiger partial charge in [0.2, 0.25) is 5.95 Å². The summed E-state index contributed by atoms with van der Waals surface area (Å²) in [6, 6.07) is 15.8. The highest BCUT2D eigenvalue weighted by atomic mass is 16.5. The molecule has 1 amide bonds. The standard InChI is InChI=1S/C24H29N5O2/c1-29(2)22-18-8-4-6-10-20(18)27-24(28-22)26-17-14-12-16(13-15-17)25-23(30)19-9-5-7-11-21(19)31-3/h4-11,16-17H,12-15H2,1-3H3,(H,25,30)(H,26,27,28)/t16-,17+. The van der Waals surface area contributed by atoms with Gasteiger partial charge in [-0.2, -0.15) is 4.98 Å². The second-order valence-electron chi connectivity index (χ2n) is 8.15. The summed E-state index contributed by atoms with van der Waals surface area (Å²) in [5.41, 5.74) is 1.51. The molecular weight excluding hydrogens is 390 g/mol. The molecule has 3 aromatic rings. The van der Waals surface area contributed by atoms with Crippen molar-refractivity contribution in [3.05, 3.63) is 54.1 Å². The summed E-state index contributed by atoms with van der Waals surface area (Å²) in [4.78, 5) is 24.1. The summed E-state index contributed by atoms with van der Waals surface area (Å²) in [5.74, 6) is 2.08. The molecule has 1 fully saturated rings. The van der Waals surface area contributed by atoms with E-state index < -0.39 is 0 Å². The maximum absolute atomic E-state index is 12.7. The third-order valence-corrected chi connectivity index (χ3v) is 5.75. The van der Waals surface area contributed by atoms with Crippen LogP contribution in [0.25, 0.3) is 10.9 Å². The summed E-state index contributed by atoms with van der Waals surface area (Å²) in [6.07, 6.45) is 3.72. The summed E-state index contributed by atoms with van der Waals surface area (Å²) >= 11 is 0. The van der Waals surface area contributed by atoms with Gasteiger partial charge in [-0.05, 0) is 49.9 Å². The second kappa shape index (κ2) is 9.20. The first-order valence-corrected chi connectivity index (χ1v) is 10.7. The quantitative estimate of drug-likeness (QED) is 0.632. The molecule has 0 aliphatic heterocycles. The van der Waals surface area contributed by atoms with Crippen molar-refractivity contribution >= 4 is 28.6 Å². The van der Waals surface area contributed by atoms with E-state index in [4.69, 9.17) is 14.7 Å². The lowest BCUT2D eigenvalue weighted by Gasteiger charge is -2.30. The summed E-state index contributed by atoms with van der Waals surface area (Å²) in [6.45, 7) is 0. The number of carbonyl (C=O) groups is 1. The van der Waals surface area contributed by atoms with Gasteiger partial charge in [0.25, 0.3) is 5.91 Å². The van der Waals surface area contributed by atoms with Gasteiger partial charge < -0.3 is 20.3 Å². The zero-order valence-electron chi connectivity index (χ0n) is 18.3. The van der Waals surface area contributed by atoms with E-state index in [1.165, 1.54) is 0 Å². The van der Waals surface area contributed by atoms with Gasteiger partial charge in [0.1, 0.15) is 11.6 Å². The predicted octanol–water partition coefficient (Wildman–Crippen LogP) is 3.86. The minimum Gasteiger partial charge on any atom is -0.496 e. The Morgan fingerprint density at radius 3 is 2.39 bits per heavy atom. The second-order valence-corrected chi connectivity index (χ2v) is 8.15. The van der Waals surface area contributed by atoms with Crippen LogP contribution < -0.4 is 20.3 Å². The Morgan fingerprint density at radius 1 is 0.968 bits per heavy atom. The highest BCUT2D eigenvalue weighted by molar-refractivity contribution is 5.97. The largest absolute Gasteiger partial charge is 0.496 e. The number of aromatic nitrogens is 2. The molecule has 31 heavy (non-hydrogen) atoms. The first kappa shape index (κ1) is 20.9. The number of hydrogen-bond acceptors (Lipinski definition) is 6. The van der Waals surface area contributed by atoms with Gasteiger partial charge in [0.05, 0.1) is 18.2 Å². The Balaban J connectivity index is 1.38. The molecule has 7 heteroatoms. The number of amides is 1. The Bertz CT molecular complexity index is 1060. The van der Waals surface area contributed by atoms with Gasteiger partial charge in [0.15, 0.2) is 0 Å². The van der Waals surface area contributed by atoms with Crippen molar-refractivity contribution in [2.45, 2.75) is 37.8 Å². The van der Waals surface area contributed by atoms with Gasteiger partial charge in [-0.3, -0.25) is 4.79 Å². The smallest absolute Gasteiger partial charge is 0.255 e. The highest BCUT2D eigenvalue weighted by Crippen LogP contribution is 2.27. The zero-order chi connectivity index (χ0) is 21.8. The van der Waals surface area contributed by atoms with Crippen LogP contribution in [0.2, 0.25) is 0 Å². The molecule has 1 aliphatic rings. The van der Waals surface area contributed by atoms with Crippen molar-refractivity contribution in [3.63, 3.8) is 0 Å². The van der Waals surface area contributed by atoms with Crippen molar-refractivity contribution < 1.29 is 9.53 Å². The van der Waals surface area contributed by atoms with Crippen LogP contribution in [0.5, 0.6) is 5.75 Å². The fourth-order valence-corrected chi connectivity index (χ4v) is 4.13. The van der Waals surface area contributed by atoms with Crippen LogP contribution in [-0.4, -0.2) is 49.2 Å².